The number of amides is 2. The topological polar surface area (TPSA) is 74.7 Å². The van der Waals surface area contributed by atoms with E-state index in [2.05, 4.69) is 9.98 Å². The van der Waals surface area contributed by atoms with Crippen molar-refractivity contribution in [2.75, 3.05) is 0 Å². The summed E-state index contributed by atoms with van der Waals surface area (Å²) in [5, 5.41) is 1.83. The Morgan fingerprint density at radius 2 is 1.62 bits per heavy atom. The van der Waals surface area contributed by atoms with Gasteiger partial charge in [0.2, 0.25) is 0 Å². The zero-order valence-corrected chi connectivity index (χ0v) is 16.6. The molecule has 0 radical (unpaired) electrons. The fraction of sp³-hybridized carbons (Fsp3) is 0.130. The first-order valence-corrected chi connectivity index (χ1v) is 9.62. The van der Waals surface area contributed by atoms with E-state index in [1.54, 1.807) is 60.7 Å². The van der Waals surface area contributed by atoms with Gasteiger partial charge in [-0.15, -0.1) is 0 Å². The first-order valence-electron chi connectivity index (χ1n) is 9.62. The molecule has 0 fully saturated rings. The van der Waals surface area contributed by atoms with Gasteiger partial charge in [0, 0.05) is 18.0 Å². The summed E-state index contributed by atoms with van der Waals surface area (Å²) >= 11 is 0. The maximum atomic E-state index is 14.4. The highest BCUT2D eigenvalue weighted by atomic mass is 19.4. The number of pyridine rings is 1. The molecule has 1 aliphatic rings. The van der Waals surface area contributed by atoms with Crippen LogP contribution in [-0.4, -0.2) is 39.4 Å². The van der Waals surface area contributed by atoms with Gasteiger partial charge < -0.3 is 5.32 Å². The van der Waals surface area contributed by atoms with Crippen LogP contribution in [0.25, 0.3) is 0 Å². The molecule has 3 aromatic rings. The molecule has 1 aromatic heterocycles. The second-order valence-corrected chi connectivity index (χ2v) is 7.08. The Balaban J connectivity index is 1.81. The number of carbonyl (C=O) groups excluding carboxylic acids is 2. The maximum Gasteiger partial charge on any atom is 0.442 e. The first kappa shape index (κ1) is 21.2. The van der Waals surface area contributed by atoms with Crippen molar-refractivity contribution in [2.24, 2.45) is 4.99 Å². The number of benzene rings is 2. The molecule has 4 rings (SSSR count). The number of aromatic nitrogens is 1. The number of nitrogens with one attached hydrogen (secondary N) is 1. The highest BCUT2D eigenvalue weighted by Crippen LogP contribution is 2.39. The van der Waals surface area contributed by atoms with Gasteiger partial charge in [-0.25, -0.2) is 4.99 Å². The van der Waals surface area contributed by atoms with E-state index in [4.69, 9.17) is 0 Å². The summed E-state index contributed by atoms with van der Waals surface area (Å²) in [6.45, 7) is -0.145. The lowest BCUT2D eigenvalue weighted by Gasteiger charge is -2.29. The number of halogens is 3. The van der Waals surface area contributed by atoms with Gasteiger partial charge in [-0.3, -0.25) is 19.5 Å². The summed E-state index contributed by atoms with van der Waals surface area (Å²) in [4.78, 5) is 34.4. The molecule has 9 heteroatoms. The van der Waals surface area contributed by atoms with Crippen LogP contribution < -0.4 is 5.32 Å². The Morgan fingerprint density at radius 1 is 0.969 bits per heavy atom. The Hall–Kier alpha value is -4.01. The van der Waals surface area contributed by atoms with Crippen LogP contribution in [0.2, 0.25) is 0 Å². The van der Waals surface area contributed by atoms with Crippen LogP contribution in [0.3, 0.4) is 0 Å². The van der Waals surface area contributed by atoms with Crippen LogP contribution in [0, 0.1) is 0 Å². The largest absolute Gasteiger partial charge is 0.442 e. The molecule has 0 bridgehead atoms. The fourth-order valence-electron chi connectivity index (χ4n) is 3.35. The van der Waals surface area contributed by atoms with Crippen molar-refractivity contribution in [1.82, 2.24) is 15.2 Å². The fourth-order valence-corrected chi connectivity index (χ4v) is 3.35. The number of carbonyl (C=O) groups is 2. The van der Waals surface area contributed by atoms with E-state index < -0.39 is 23.7 Å². The van der Waals surface area contributed by atoms with Gasteiger partial charge in [0.05, 0.1) is 12.1 Å². The minimum Gasteiger partial charge on any atom is -0.312 e. The molecular formula is C23H17F3N4O2. The number of nitrogens with zero attached hydrogens (tertiary/aromatic N) is 3. The van der Waals surface area contributed by atoms with Gasteiger partial charge in [0.25, 0.3) is 11.8 Å². The van der Waals surface area contributed by atoms with Crippen molar-refractivity contribution in [2.45, 2.75) is 18.4 Å². The quantitative estimate of drug-likeness (QED) is 0.662. The molecule has 2 amide bonds. The average Bonchev–Trinajstić information content (AvgIpc) is 3.08. The second-order valence-electron chi connectivity index (χ2n) is 7.08. The molecule has 0 spiro atoms. The maximum absolute atomic E-state index is 14.4. The van der Waals surface area contributed by atoms with Gasteiger partial charge >= 0.3 is 11.8 Å². The van der Waals surface area contributed by atoms with Crippen molar-refractivity contribution >= 4 is 17.6 Å². The Labute approximate surface area is 181 Å². The van der Waals surface area contributed by atoms with Gasteiger partial charge in [-0.2, -0.15) is 13.2 Å². The molecule has 0 saturated carbocycles. The zero-order chi connectivity index (χ0) is 22.8. The summed E-state index contributed by atoms with van der Waals surface area (Å²) in [6.07, 6.45) is -2.69. The van der Waals surface area contributed by atoms with Gasteiger partial charge in [0.15, 0.2) is 0 Å². The number of rotatable bonds is 5. The molecule has 1 unspecified atom stereocenters. The molecule has 0 aliphatic carbocycles. The minimum atomic E-state index is -5.19. The summed E-state index contributed by atoms with van der Waals surface area (Å²) in [7, 11) is 0. The lowest BCUT2D eigenvalue weighted by atomic mass is 10.1. The predicted octanol–water partition coefficient (Wildman–Crippen LogP) is 3.56. The summed E-state index contributed by atoms with van der Waals surface area (Å²) < 4.78 is 43.1. The first-order chi connectivity index (χ1) is 15.3. The molecule has 2 heterocycles. The number of aliphatic imine (C=N–C) groups is 1. The van der Waals surface area contributed by atoms with Crippen LogP contribution >= 0.6 is 0 Å². The number of amidine groups is 1. The number of hydrogen-bond donors (Lipinski definition) is 1. The monoisotopic (exact) mass is 438 g/mol. The van der Waals surface area contributed by atoms with E-state index >= 15 is 0 Å². The van der Waals surface area contributed by atoms with E-state index in [-0.39, 0.29) is 17.9 Å². The van der Waals surface area contributed by atoms with Crippen molar-refractivity contribution in [3.8, 4) is 0 Å². The third-order valence-electron chi connectivity index (χ3n) is 4.93. The lowest BCUT2D eigenvalue weighted by molar-refractivity contribution is -0.196. The van der Waals surface area contributed by atoms with Crippen LogP contribution in [0.4, 0.5) is 13.2 Å². The molecule has 162 valence electrons. The number of hydrogen-bond acceptors (Lipinski definition) is 4. The number of alkyl halides is 3. The summed E-state index contributed by atoms with van der Waals surface area (Å²) in [6, 6.07) is 19.4. The van der Waals surface area contributed by atoms with Crippen molar-refractivity contribution in [3.63, 3.8) is 0 Å². The summed E-state index contributed by atoms with van der Waals surface area (Å²) in [5.41, 5.74) is -2.65. The molecule has 0 saturated heterocycles. The molecule has 1 aliphatic heterocycles. The van der Waals surface area contributed by atoms with E-state index in [1.807, 2.05) is 5.32 Å². The van der Waals surface area contributed by atoms with Crippen molar-refractivity contribution in [3.05, 3.63) is 102 Å². The molecule has 1 atom stereocenters. The Morgan fingerprint density at radius 3 is 2.22 bits per heavy atom. The van der Waals surface area contributed by atoms with Crippen LogP contribution in [-0.2, 0) is 11.3 Å². The van der Waals surface area contributed by atoms with Crippen LogP contribution in [0.1, 0.15) is 21.5 Å². The van der Waals surface area contributed by atoms with Gasteiger partial charge in [-0.1, -0.05) is 60.7 Å². The standard InChI is InChI=1S/C23H17F3N4O2/c24-23(25,26)22(29-20(31)18-12-7-13-27-14-18)21(32)30(15-16-8-3-1-4-9-16)19(28-22)17-10-5-2-6-11-17/h1-14H,15H2,(H,29,31). The summed E-state index contributed by atoms with van der Waals surface area (Å²) in [5.74, 6) is -2.67. The Kier molecular flexibility index (Phi) is 5.48. The molecule has 2 aromatic carbocycles. The van der Waals surface area contributed by atoms with Gasteiger partial charge in [0.1, 0.15) is 5.84 Å². The SMILES string of the molecule is O=C(NC1(C(F)(F)F)N=C(c2ccccc2)N(Cc2ccccc2)C1=O)c1cccnc1. The highest BCUT2D eigenvalue weighted by molar-refractivity contribution is 6.16. The van der Waals surface area contributed by atoms with Crippen LogP contribution in [0.15, 0.2) is 90.2 Å². The van der Waals surface area contributed by atoms with E-state index in [0.29, 0.717) is 11.1 Å². The molecule has 32 heavy (non-hydrogen) atoms. The van der Waals surface area contributed by atoms with Crippen molar-refractivity contribution in [1.29, 1.82) is 0 Å². The van der Waals surface area contributed by atoms with E-state index in [9.17, 15) is 22.8 Å². The lowest BCUT2D eigenvalue weighted by Crippen LogP contribution is -2.63. The Bertz CT molecular complexity index is 1150. The van der Waals surface area contributed by atoms with Crippen molar-refractivity contribution < 1.29 is 22.8 Å². The second kappa shape index (κ2) is 8.26. The van der Waals surface area contributed by atoms with E-state index in [0.717, 1.165) is 11.1 Å². The predicted molar refractivity (Wildman–Crippen MR) is 110 cm³/mol. The van der Waals surface area contributed by atoms with Gasteiger partial charge in [-0.05, 0) is 17.7 Å². The molecule has 6 nitrogen and oxygen atoms in total. The molecule has 1 N–H and O–H groups in total. The van der Waals surface area contributed by atoms with Crippen LogP contribution in [0.5, 0.6) is 0 Å². The third kappa shape index (κ3) is 3.84. The normalized spacial score (nSPS) is 18.4. The highest BCUT2D eigenvalue weighted by Gasteiger charge is 2.67. The smallest absolute Gasteiger partial charge is 0.312 e. The molecular weight excluding hydrogens is 421 g/mol. The average molecular weight is 438 g/mol. The third-order valence-corrected chi connectivity index (χ3v) is 4.93. The van der Waals surface area contributed by atoms with E-state index in [1.165, 1.54) is 18.3 Å². The minimum absolute atomic E-state index is 0.123. The zero-order valence-electron chi connectivity index (χ0n) is 16.6.